The maximum absolute atomic E-state index is 12.2. The number of hydrogen-bond acceptors (Lipinski definition) is 4. The molecule has 1 aromatic carbocycles. The van der Waals surface area contributed by atoms with Crippen molar-refractivity contribution >= 4 is 11.7 Å². The number of piperidine rings is 1. The molecule has 0 aliphatic carbocycles. The van der Waals surface area contributed by atoms with Crippen LogP contribution < -0.4 is 10.1 Å². The molecule has 1 N–H and O–H groups in total. The number of rotatable bonds is 9. The number of unbranched alkanes of at least 4 members (excludes halogenated alkanes) is 1. The van der Waals surface area contributed by atoms with Crippen molar-refractivity contribution in [1.82, 2.24) is 10.2 Å². The maximum atomic E-state index is 12.2. The van der Waals surface area contributed by atoms with Gasteiger partial charge < -0.3 is 15.0 Å². The van der Waals surface area contributed by atoms with Crippen LogP contribution in [-0.2, 0) is 4.79 Å². The topological polar surface area (TPSA) is 58.6 Å². The van der Waals surface area contributed by atoms with Crippen molar-refractivity contribution in [3.8, 4) is 5.75 Å². The first-order valence-corrected chi connectivity index (χ1v) is 9.77. The average molecular weight is 360 g/mol. The fourth-order valence-electron chi connectivity index (χ4n) is 3.33. The van der Waals surface area contributed by atoms with Crippen LogP contribution in [0.25, 0.3) is 0 Å². The van der Waals surface area contributed by atoms with Gasteiger partial charge in [-0.05, 0) is 71.7 Å². The summed E-state index contributed by atoms with van der Waals surface area (Å²) >= 11 is 0. The summed E-state index contributed by atoms with van der Waals surface area (Å²) in [6, 6.07) is 7.63. The molecular weight excluding hydrogens is 328 g/mol. The Hall–Kier alpha value is -1.88. The number of carbonyl (C=O) groups excluding carboxylic acids is 2. The number of ether oxygens (including phenoxy) is 1. The molecule has 1 heterocycles. The zero-order chi connectivity index (χ0) is 18.9. The summed E-state index contributed by atoms with van der Waals surface area (Å²) in [7, 11) is 0. The molecule has 2 rings (SSSR count). The number of ketones is 1. The first kappa shape index (κ1) is 20.4. The molecular formula is C21H32N2O3. The molecule has 2 unspecified atom stereocenters. The van der Waals surface area contributed by atoms with E-state index in [1.54, 1.807) is 31.2 Å². The highest BCUT2D eigenvalue weighted by atomic mass is 16.5. The van der Waals surface area contributed by atoms with Crippen molar-refractivity contribution in [2.45, 2.75) is 65.0 Å². The first-order chi connectivity index (χ1) is 12.5. The Kier molecular flexibility index (Phi) is 8.10. The molecule has 0 aromatic heterocycles. The summed E-state index contributed by atoms with van der Waals surface area (Å²) in [6.07, 6.45) is 5.44. The molecule has 1 fully saturated rings. The number of hydrogen-bond donors (Lipinski definition) is 1. The van der Waals surface area contributed by atoms with Crippen molar-refractivity contribution in [2.75, 3.05) is 19.6 Å². The number of Topliss-reactive ketones (excluding diaryl/α,β-unsaturated/α-hetero) is 1. The highest BCUT2D eigenvalue weighted by molar-refractivity contribution is 5.94. The Morgan fingerprint density at radius 3 is 2.85 bits per heavy atom. The van der Waals surface area contributed by atoms with Crippen molar-refractivity contribution in [3.05, 3.63) is 29.8 Å². The quantitative estimate of drug-likeness (QED) is 0.541. The number of nitrogens with zero attached hydrogens (tertiary/aromatic N) is 1. The second-order valence-corrected chi connectivity index (χ2v) is 7.22. The van der Waals surface area contributed by atoms with Crippen LogP contribution >= 0.6 is 0 Å². The summed E-state index contributed by atoms with van der Waals surface area (Å²) in [5.74, 6) is 0.402. The molecule has 26 heavy (non-hydrogen) atoms. The SMILES string of the molecule is CC(=O)c1cccc(OC(C)C(=O)NCCCCN2CCCCC2C)c1. The summed E-state index contributed by atoms with van der Waals surface area (Å²) < 4.78 is 5.66. The minimum Gasteiger partial charge on any atom is -0.481 e. The fraction of sp³-hybridized carbons (Fsp3) is 0.619. The van der Waals surface area contributed by atoms with Gasteiger partial charge in [0.05, 0.1) is 0 Å². The van der Waals surface area contributed by atoms with Crippen molar-refractivity contribution in [3.63, 3.8) is 0 Å². The van der Waals surface area contributed by atoms with E-state index in [9.17, 15) is 9.59 Å². The lowest BCUT2D eigenvalue weighted by Crippen LogP contribution is -2.39. The molecule has 0 spiro atoms. The van der Waals surface area contributed by atoms with E-state index in [0.717, 1.165) is 19.4 Å². The molecule has 144 valence electrons. The monoisotopic (exact) mass is 360 g/mol. The Morgan fingerprint density at radius 1 is 1.31 bits per heavy atom. The third-order valence-electron chi connectivity index (χ3n) is 5.03. The van der Waals surface area contributed by atoms with Crippen LogP contribution in [0.3, 0.4) is 0 Å². The average Bonchev–Trinajstić information content (AvgIpc) is 2.62. The number of benzene rings is 1. The van der Waals surface area contributed by atoms with Crippen LogP contribution in [-0.4, -0.2) is 48.4 Å². The van der Waals surface area contributed by atoms with Gasteiger partial charge in [0.1, 0.15) is 5.75 Å². The van der Waals surface area contributed by atoms with Gasteiger partial charge in [0, 0.05) is 18.2 Å². The third-order valence-corrected chi connectivity index (χ3v) is 5.03. The number of amides is 1. The second-order valence-electron chi connectivity index (χ2n) is 7.22. The molecule has 1 saturated heterocycles. The molecule has 1 amide bonds. The lowest BCUT2D eigenvalue weighted by Gasteiger charge is -2.33. The zero-order valence-corrected chi connectivity index (χ0v) is 16.3. The number of nitrogens with one attached hydrogen (secondary N) is 1. The minimum atomic E-state index is -0.584. The van der Waals surface area contributed by atoms with Crippen molar-refractivity contribution in [1.29, 1.82) is 0 Å². The summed E-state index contributed by atoms with van der Waals surface area (Å²) in [5, 5.41) is 2.94. The van der Waals surface area contributed by atoms with Gasteiger partial charge in [0.2, 0.25) is 0 Å². The molecule has 0 radical (unpaired) electrons. The van der Waals surface area contributed by atoms with E-state index in [1.165, 1.54) is 32.7 Å². The van der Waals surface area contributed by atoms with E-state index in [4.69, 9.17) is 4.74 Å². The highest BCUT2D eigenvalue weighted by Gasteiger charge is 2.17. The van der Waals surface area contributed by atoms with E-state index in [1.807, 2.05) is 0 Å². The van der Waals surface area contributed by atoms with Crippen LogP contribution in [0.1, 0.15) is 63.2 Å². The van der Waals surface area contributed by atoms with Gasteiger partial charge in [-0.2, -0.15) is 0 Å². The predicted octanol–water partition coefficient (Wildman–Crippen LogP) is 3.43. The Labute approximate surface area is 157 Å². The Balaban J connectivity index is 1.65. The predicted molar refractivity (Wildman–Crippen MR) is 104 cm³/mol. The van der Waals surface area contributed by atoms with Crippen LogP contribution in [0.15, 0.2) is 24.3 Å². The van der Waals surface area contributed by atoms with E-state index >= 15 is 0 Å². The van der Waals surface area contributed by atoms with Gasteiger partial charge in [0.25, 0.3) is 5.91 Å². The standard InChI is InChI=1S/C21H32N2O3/c1-16-9-4-6-13-23(16)14-7-5-12-22-21(25)18(3)26-20-11-8-10-19(15-20)17(2)24/h8,10-11,15-16,18H,4-7,9,12-14H2,1-3H3,(H,22,25). The van der Waals surface area contributed by atoms with Crippen LogP contribution in [0.2, 0.25) is 0 Å². The van der Waals surface area contributed by atoms with E-state index in [2.05, 4.69) is 17.1 Å². The van der Waals surface area contributed by atoms with Gasteiger partial charge in [0.15, 0.2) is 11.9 Å². The van der Waals surface area contributed by atoms with Crippen LogP contribution in [0, 0.1) is 0 Å². The fourth-order valence-corrected chi connectivity index (χ4v) is 3.33. The smallest absolute Gasteiger partial charge is 0.260 e. The number of likely N-dealkylation sites (tertiary alicyclic amines) is 1. The summed E-state index contributed by atoms with van der Waals surface area (Å²) in [4.78, 5) is 26.1. The molecule has 1 aliphatic rings. The van der Waals surface area contributed by atoms with Crippen LogP contribution in [0.5, 0.6) is 5.75 Å². The van der Waals surface area contributed by atoms with Gasteiger partial charge in [-0.1, -0.05) is 18.6 Å². The number of carbonyl (C=O) groups is 2. The molecule has 5 nitrogen and oxygen atoms in total. The molecule has 1 aliphatic heterocycles. The van der Waals surface area contributed by atoms with Gasteiger partial charge in [-0.15, -0.1) is 0 Å². The normalized spacial score (nSPS) is 19.0. The lowest BCUT2D eigenvalue weighted by molar-refractivity contribution is -0.127. The Bertz CT molecular complexity index is 603. The summed E-state index contributed by atoms with van der Waals surface area (Å²) in [5.41, 5.74) is 0.585. The van der Waals surface area contributed by atoms with Crippen molar-refractivity contribution < 1.29 is 14.3 Å². The van der Waals surface area contributed by atoms with Gasteiger partial charge in [-0.25, -0.2) is 0 Å². The molecule has 1 aromatic rings. The molecule has 0 bridgehead atoms. The lowest BCUT2D eigenvalue weighted by atomic mass is 10.0. The molecule has 2 atom stereocenters. The van der Waals surface area contributed by atoms with Crippen molar-refractivity contribution in [2.24, 2.45) is 0 Å². The second kappa shape index (κ2) is 10.3. The molecule has 0 saturated carbocycles. The minimum absolute atomic E-state index is 0.0180. The van der Waals surface area contributed by atoms with E-state index in [-0.39, 0.29) is 11.7 Å². The first-order valence-electron chi connectivity index (χ1n) is 9.77. The molecule has 5 heteroatoms. The van der Waals surface area contributed by atoms with E-state index in [0.29, 0.717) is 23.9 Å². The Morgan fingerprint density at radius 2 is 2.12 bits per heavy atom. The zero-order valence-electron chi connectivity index (χ0n) is 16.3. The van der Waals surface area contributed by atoms with E-state index < -0.39 is 6.10 Å². The summed E-state index contributed by atoms with van der Waals surface area (Å²) in [6.45, 7) is 8.53. The van der Waals surface area contributed by atoms with Gasteiger partial charge >= 0.3 is 0 Å². The highest BCUT2D eigenvalue weighted by Crippen LogP contribution is 2.17. The largest absolute Gasteiger partial charge is 0.481 e. The third kappa shape index (κ3) is 6.45. The maximum Gasteiger partial charge on any atom is 0.260 e. The van der Waals surface area contributed by atoms with Crippen LogP contribution in [0.4, 0.5) is 0 Å². The van der Waals surface area contributed by atoms with Gasteiger partial charge in [-0.3, -0.25) is 9.59 Å².